The molecule has 1 fully saturated rings. The van der Waals surface area contributed by atoms with Crippen LogP contribution in [-0.4, -0.2) is 29.6 Å². The van der Waals surface area contributed by atoms with Gasteiger partial charge < -0.3 is 10.0 Å². The van der Waals surface area contributed by atoms with Gasteiger partial charge in [0.25, 0.3) is 0 Å². The molecule has 0 bridgehead atoms. The summed E-state index contributed by atoms with van der Waals surface area (Å²) in [5, 5.41) is 10.6. The summed E-state index contributed by atoms with van der Waals surface area (Å²) in [5.41, 5.74) is 6.52. The van der Waals surface area contributed by atoms with Gasteiger partial charge in [-0.15, -0.1) is 12.4 Å². The third-order valence-corrected chi connectivity index (χ3v) is 5.08. The molecule has 1 N–H and O–H groups in total. The molecule has 1 atom stereocenters. The van der Waals surface area contributed by atoms with E-state index in [1.165, 1.54) is 41.5 Å². The molecule has 2 aliphatic rings. The van der Waals surface area contributed by atoms with E-state index >= 15 is 0 Å². The molecule has 0 aromatic heterocycles. The maximum Gasteiger partial charge on any atom is 0.0917 e. The monoisotopic (exact) mass is 329 g/mol. The molecule has 1 aliphatic carbocycles. The molecule has 0 saturated carbocycles. The lowest BCUT2D eigenvalue weighted by atomic mass is 10.00. The number of rotatable bonds is 3. The first-order valence-corrected chi connectivity index (χ1v) is 8.43. The number of nitrogens with zero attached hydrogens (tertiary/aromatic N) is 1. The molecule has 0 amide bonds. The van der Waals surface area contributed by atoms with Gasteiger partial charge in [-0.1, -0.05) is 48.9 Å². The van der Waals surface area contributed by atoms with Gasteiger partial charge in [0.05, 0.1) is 6.10 Å². The summed E-state index contributed by atoms with van der Waals surface area (Å²) in [7, 11) is 0. The number of aliphatic hydroxyl groups excluding tert-OH is 1. The fraction of sp³-hybridized carbons (Fsp3) is 0.400. The van der Waals surface area contributed by atoms with Crippen LogP contribution in [-0.2, 0) is 6.42 Å². The quantitative estimate of drug-likeness (QED) is 0.778. The highest BCUT2D eigenvalue weighted by Gasteiger charge is 2.21. The number of hydrogen-bond donors (Lipinski definition) is 1. The Labute approximate surface area is 144 Å². The van der Waals surface area contributed by atoms with Gasteiger partial charge in [0, 0.05) is 6.54 Å². The Morgan fingerprint density at radius 3 is 2.48 bits per heavy atom. The second kappa shape index (κ2) is 7.04. The summed E-state index contributed by atoms with van der Waals surface area (Å²) in [6.45, 7) is 3.03. The molecule has 2 nitrogen and oxygen atoms in total. The standard InChI is InChI=1S/C20H23NO.ClH/c22-20(14-21-10-4-1-5-11-21)16-8-9-19-17(13-16)12-15-6-2-3-7-18(15)19;/h2-3,6-9,13,20,22H,1,4-5,10-12,14H2;1H. The van der Waals surface area contributed by atoms with E-state index in [1.807, 2.05) is 0 Å². The Balaban J connectivity index is 0.00000156. The number of halogens is 1. The minimum absolute atomic E-state index is 0. The van der Waals surface area contributed by atoms with Crippen LogP contribution in [0.1, 0.15) is 42.1 Å². The minimum Gasteiger partial charge on any atom is -0.387 e. The van der Waals surface area contributed by atoms with Crippen molar-refractivity contribution in [3.63, 3.8) is 0 Å². The molecule has 4 rings (SSSR count). The van der Waals surface area contributed by atoms with Gasteiger partial charge in [-0.2, -0.15) is 0 Å². The van der Waals surface area contributed by atoms with Crippen molar-refractivity contribution in [2.75, 3.05) is 19.6 Å². The maximum absolute atomic E-state index is 10.6. The van der Waals surface area contributed by atoms with Crippen LogP contribution in [0.3, 0.4) is 0 Å². The smallest absolute Gasteiger partial charge is 0.0917 e. The maximum atomic E-state index is 10.6. The molecular weight excluding hydrogens is 306 g/mol. The summed E-state index contributed by atoms with van der Waals surface area (Å²) in [4.78, 5) is 2.40. The molecule has 23 heavy (non-hydrogen) atoms. The molecule has 3 heteroatoms. The first-order valence-electron chi connectivity index (χ1n) is 8.43. The predicted molar refractivity (Wildman–Crippen MR) is 97.2 cm³/mol. The Morgan fingerprint density at radius 2 is 1.65 bits per heavy atom. The van der Waals surface area contributed by atoms with E-state index in [-0.39, 0.29) is 18.5 Å². The zero-order chi connectivity index (χ0) is 14.9. The number of piperidine rings is 1. The summed E-state index contributed by atoms with van der Waals surface area (Å²) in [6.07, 6.45) is 4.50. The highest BCUT2D eigenvalue weighted by atomic mass is 35.5. The van der Waals surface area contributed by atoms with Crippen LogP contribution in [0.5, 0.6) is 0 Å². The van der Waals surface area contributed by atoms with Crippen LogP contribution in [0.4, 0.5) is 0 Å². The normalized spacial score (nSPS) is 18.0. The topological polar surface area (TPSA) is 23.5 Å². The molecule has 1 unspecified atom stereocenters. The van der Waals surface area contributed by atoms with Crippen LogP contribution < -0.4 is 0 Å². The fourth-order valence-corrected chi connectivity index (χ4v) is 3.86. The van der Waals surface area contributed by atoms with E-state index in [2.05, 4.69) is 47.4 Å². The molecular formula is C20H24ClNO. The first-order chi connectivity index (χ1) is 10.8. The van der Waals surface area contributed by atoms with Gasteiger partial charge in [0.15, 0.2) is 0 Å². The predicted octanol–water partition coefficient (Wildman–Crippen LogP) is 4.20. The van der Waals surface area contributed by atoms with Crippen molar-refractivity contribution in [2.24, 2.45) is 0 Å². The largest absolute Gasteiger partial charge is 0.387 e. The Bertz CT molecular complexity index is 679. The van der Waals surface area contributed by atoms with E-state index in [0.717, 1.165) is 31.6 Å². The van der Waals surface area contributed by atoms with Gasteiger partial charge in [-0.05, 0) is 60.2 Å². The van der Waals surface area contributed by atoms with E-state index in [4.69, 9.17) is 0 Å². The lowest BCUT2D eigenvalue weighted by Crippen LogP contribution is -2.33. The van der Waals surface area contributed by atoms with Crippen LogP contribution in [0.25, 0.3) is 11.1 Å². The van der Waals surface area contributed by atoms with Gasteiger partial charge in [0.2, 0.25) is 0 Å². The van der Waals surface area contributed by atoms with Gasteiger partial charge in [-0.3, -0.25) is 0 Å². The Morgan fingerprint density at radius 1 is 0.913 bits per heavy atom. The summed E-state index contributed by atoms with van der Waals surface area (Å²) in [6, 6.07) is 15.1. The van der Waals surface area contributed by atoms with Crippen molar-refractivity contribution in [1.29, 1.82) is 0 Å². The zero-order valence-electron chi connectivity index (χ0n) is 13.4. The molecule has 1 saturated heterocycles. The number of aliphatic hydroxyl groups is 1. The fourth-order valence-electron chi connectivity index (χ4n) is 3.86. The van der Waals surface area contributed by atoms with Crippen LogP contribution in [0.2, 0.25) is 0 Å². The average molecular weight is 330 g/mol. The third kappa shape index (κ3) is 3.30. The van der Waals surface area contributed by atoms with E-state index in [1.54, 1.807) is 0 Å². The number of fused-ring (bicyclic) bond motifs is 3. The van der Waals surface area contributed by atoms with Crippen LogP contribution >= 0.6 is 12.4 Å². The average Bonchev–Trinajstić information content (AvgIpc) is 2.93. The minimum atomic E-state index is -0.368. The number of hydrogen-bond acceptors (Lipinski definition) is 2. The van der Waals surface area contributed by atoms with Crippen molar-refractivity contribution >= 4 is 12.4 Å². The van der Waals surface area contributed by atoms with E-state index in [9.17, 15) is 5.11 Å². The van der Waals surface area contributed by atoms with Crippen molar-refractivity contribution < 1.29 is 5.11 Å². The summed E-state index contributed by atoms with van der Waals surface area (Å²) >= 11 is 0. The highest BCUT2D eigenvalue weighted by molar-refractivity contribution is 5.85. The van der Waals surface area contributed by atoms with Crippen molar-refractivity contribution in [2.45, 2.75) is 31.8 Å². The Hall–Kier alpha value is -1.35. The molecule has 0 radical (unpaired) electrons. The second-order valence-electron chi connectivity index (χ2n) is 6.63. The van der Waals surface area contributed by atoms with Gasteiger partial charge in [0.1, 0.15) is 0 Å². The van der Waals surface area contributed by atoms with E-state index in [0.29, 0.717) is 0 Å². The molecule has 122 valence electrons. The van der Waals surface area contributed by atoms with Gasteiger partial charge >= 0.3 is 0 Å². The number of β-amino-alcohol motifs (C(OH)–C–C–N with tert-alkyl or cyclic N) is 1. The molecule has 1 aliphatic heterocycles. The summed E-state index contributed by atoms with van der Waals surface area (Å²) < 4.78 is 0. The molecule has 2 aromatic carbocycles. The second-order valence-corrected chi connectivity index (χ2v) is 6.63. The lowest BCUT2D eigenvalue weighted by molar-refractivity contribution is 0.101. The van der Waals surface area contributed by atoms with E-state index < -0.39 is 0 Å². The first kappa shape index (κ1) is 16.5. The Kier molecular flexibility index (Phi) is 5.05. The SMILES string of the molecule is Cl.OC(CN1CCCCC1)c1ccc2c(c1)Cc1ccccc1-2. The number of likely N-dealkylation sites (tertiary alicyclic amines) is 1. The van der Waals surface area contributed by atoms with Crippen LogP contribution in [0, 0.1) is 0 Å². The van der Waals surface area contributed by atoms with Gasteiger partial charge in [-0.25, -0.2) is 0 Å². The third-order valence-electron chi connectivity index (χ3n) is 5.08. The highest BCUT2D eigenvalue weighted by Crippen LogP contribution is 2.37. The van der Waals surface area contributed by atoms with Crippen LogP contribution in [0.15, 0.2) is 42.5 Å². The van der Waals surface area contributed by atoms with Crippen molar-refractivity contribution in [3.05, 3.63) is 59.2 Å². The lowest BCUT2D eigenvalue weighted by Gasteiger charge is -2.28. The number of benzene rings is 2. The molecule has 0 spiro atoms. The molecule has 1 heterocycles. The van der Waals surface area contributed by atoms with Crippen molar-refractivity contribution in [1.82, 2.24) is 4.90 Å². The zero-order valence-corrected chi connectivity index (χ0v) is 14.2. The molecule has 2 aromatic rings. The summed E-state index contributed by atoms with van der Waals surface area (Å²) in [5.74, 6) is 0. The van der Waals surface area contributed by atoms with Crippen molar-refractivity contribution in [3.8, 4) is 11.1 Å².